The minimum atomic E-state index is -0.748. The third kappa shape index (κ3) is 2.15. The molecule has 2 rings (SSSR count). The first-order valence-electron chi connectivity index (χ1n) is 5.22. The largest absolute Gasteiger partial charge is 0.430 e. The van der Waals surface area contributed by atoms with Crippen LogP contribution in [0.5, 0.6) is 0 Å². The predicted molar refractivity (Wildman–Crippen MR) is 58.6 cm³/mol. The van der Waals surface area contributed by atoms with Crippen molar-refractivity contribution in [2.45, 2.75) is 13.0 Å². The van der Waals surface area contributed by atoms with Crippen molar-refractivity contribution < 1.29 is 18.8 Å². The van der Waals surface area contributed by atoms with E-state index in [2.05, 4.69) is 9.73 Å². The summed E-state index contributed by atoms with van der Waals surface area (Å²) in [4.78, 5) is 46.6. The van der Waals surface area contributed by atoms with Gasteiger partial charge in [0.1, 0.15) is 18.8 Å². The molecule has 1 saturated heterocycles. The standard InChI is InChI=1S/C11H10N2O5/c1-6-10(16)12-8(14)4-13(6)11(17)7-2-3-9(15)18-5-7/h2-3,5-6H,4H2,1H3,(H,12,14,16). The molecule has 18 heavy (non-hydrogen) atoms. The maximum absolute atomic E-state index is 12.0. The van der Waals surface area contributed by atoms with Gasteiger partial charge in [-0.2, -0.15) is 0 Å². The molecule has 7 nitrogen and oxygen atoms in total. The molecular formula is C11H10N2O5. The lowest BCUT2D eigenvalue weighted by atomic mass is 10.1. The number of hydrogen-bond donors (Lipinski definition) is 1. The van der Waals surface area contributed by atoms with Crippen molar-refractivity contribution in [2.75, 3.05) is 6.54 Å². The van der Waals surface area contributed by atoms with Crippen molar-refractivity contribution >= 4 is 17.7 Å². The summed E-state index contributed by atoms with van der Waals surface area (Å²) in [6.07, 6.45) is 1.01. The van der Waals surface area contributed by atoms with Crippen molar-refractivity contribution in [3.05, 3.63) is 34.4 Å². The summed E-state index contributed by atoms with van der Waals surface area (Å²) >= 11 is 0. The Morgan fingerprint density at radius 3 is 2.72 bits per heavy atom. The van der Waals surface area contributed by atoms with E-state index in [-0.39, 0.29) is 12.1 Å². The fraction of sp³-hybridized carbons (Fsp3) is 0.273. The van der Waals surface area contributed by atoms with E-state index in [1.165, 1.54) is 13.0 Å². The van der Waals surface area contributed by atoms with Gasteiger partial charge in [-0.1, -0.05) is 0 Å². The number of amides is 3. The molecule has 0 aliphatic carbocycles. The number of nitrogens with one attached hydrogen (secondary N) is 1. The van der Waals surface area contributed by atoms with E-state index in [0.717, 1.165) is 17.2 Å². The Kier molecular flexibility index (Phi) is 2.97. The van der Waals surface area contributed by atoms with E-state index in [1.54, 1.807) is 0 Å². The summed E-state index contributed by atoms with van der Waals surface area (Å²) < 4.78 is 4.57. The molecule has 0 bridgehead atoms. The molecule has 3 amide bonds. The molecule has 1 aliphatic rings. The van der Waals surface area contributed by atoms with Gasteiger partial charge in [0.25, 0.3) is 5.91 Å². The zero-order valence-electron chi connectivity index (χ0n) is 9.50. The first-order chi connectivity index (χ1) is 8.49. The van der Waals surface area contributed by atoms with E-state index < -0.39 is 29.4 Å². The highest BCUT2D eigenvalue weighted by molar-refractivity contribution is 6.06. The fourth-order valence-electron chi connectivity index (χ4n) is 1.61. The Morgan fingerprint density at radius 1 is 1.39 bits per heavy atom. The summed E-state index contributed by atoms with van der Waals surface area (Å²) in [7, 11) is 0. The highest BCUT2D eigenvalue weighted by Gasteiger charge is 2.34. The topological polar surface area (TPSA) is 96.7 Å². The van der Waals surface area contributed by atoms with E-state index >= 15 is 0 Å². The molecule has 1 N–H and O–H groups in total. The quantitative estimate of drug-likeness (QED) is 0.653. The number of nitrogens with zero attached hydrogens (tertiary/aromatic N) is 1. The number of piperazine rings is 1. The monoisotopic (exact) mass is 250 g/mol. The molecule has 1 atom stereocenters. The van der Waals surface area contributed by atoms with Crippen LogP contribution in [0.2, 0.25) is 0 Å². The fourth-order valence-corrected chi connectivity index (χ4v) is 1.61. The minimum absolute atomic E-state index is 0.115. The van der Waals surface area contributed by atoms with Gasteiger partial charge in [-0.3, -0.25) is 19.7 Å². The molecule has 1 unspecified atom stereocenters. The molecular weight excluding hydrogens is 240 g/mol. The summed E-state index contributed by atoms with van der Waals surface area (Å²) in [6, 6.07) is 1.64. The van der Waals surface area contributed by atoms with Gasteiger partial charge in [-0.05, 0) is 13.0 Å². The lowest BCUT2D eigenvalue weighted by Crippen LogP contribution is -2.58. The second-order valence-electron chi connectivity index (χ2n) is 3.86. The highest BCUT2D eigenvalue weighted by atomic mass is 16.4. The summed E-state index contributed by atoms with van der Waals surface area (Å²) in [6.45, 7) is 1.31. The first kappa shape index (κ1) is 12.0. The van der Waals surface area contributed by atoms with Crippen LogP contribution in [0.4, 0.5) is 0 Å². The Bertz CT molecular complexity index is 557. The van der Waals surface area contributed by atoms with Gasteiger partial charge < -0.3 is 9.32 Å². The maximum Gasteiger partial charge on any atom is 0.335 e. The van der Waals surface area contributed by atoms with Crippen molar-refractivity contribution in [2.24, 2.45) is 0 Å². The van der Waals surface area contributed by atoms with Gasteiger partial charge >= 0.3 is 5.63 Å². The van der Waals surface area contributed by atoms with Gasteiger partial charge in [-0.15, -0.1) is 0 Å². The Morgan fingerprint density at radius 2 is 2.11 bits per heavy atom. The molecule has 1 aromatic heterocycles. The van der Waals surface area contributed by atoms with Crippen LogP contribution in [-0.4, -0.2) is 35.2 Å². The van der Waals surface area contributed by atoms with Crippen LogP contribution in [0.25, 0.3) is 0 Å². The molecule has 1 aromatic rings. The van der Waals surface area contributed by atoms with Crippen LogP contribution in [0.15, 0.2) is 27.6 Å². The molecule has 1 aliphatic heterocycles. The minimum Gasteiger partial charge on any atom is -0.430 e. The second kappa shape index (κ2) is 4.44. The van der Waals surface area contributed by atoms with E-state index in [4.69, 9.17) is 0 Å². The highest BCUT2D eigenvalue weighted by Crippen LogP contribution is 2.10. The maximum atomic E-state index is 12.0. The number of imide groups is 1. The lowest BCUT2D eigenvalue weighted by Gasteiger charge is -2.31. The Hall–Kier alpha value is -2.44. The molecule has 1 fully saturated rings. The lowest BCUT2D eigenvalue weighted by molar-refractivity contribution is -0.138. The molecule has 0 spiro atoms. The molecule has 0 aromatic carbocycles. The van der Waals surface area contributed by atoms with Gasteiger partial charge in [0.2, 0.25) is 11.8 Å². The van der Waals surface area contributed by atoms with Crippen molar-refractivity contribution in [3.8, 4) is 0 Å². The van der Waals surface area contributed by atoms with E-state index in [0.29, 0.717) is 0 Å². The smallest absolute Gasteiger partial charge is 0.335 e. The SMILES string of the molecule is CC1C(=O)NC(=O)CN1C(=O)c1ccc(=O)oc1. The summed E-state index contributed by atoms with van der Waals surface area (Å²) in [5.41, 5.74) is -0.462. The molecule has 0 saturated carbocycles. The zero-order chi connectivity index (χ0) is 13.3. The van der Waals surface area contributed by atoms with Gasteiger partial charge in [-0.25, -0.2) is 4.79 Å². The van der Waals surface area contributed by atoms with Crippen molar-refractivity contribution in [3.63, 3.8) is 0 Å². The van der Waals surface area contributed by atoms with E-state index in [1.807, 2.05) is 0 Å². The number of hydrogen-bond acceptors (Lipinski definition) is 5. The van der Waals surface area contributed by atoms with Crippen LogP contribution in [0.1, 0.15) is 17.3 Å². The normalized spacial score (nSPS) is 19.6. The zero-order valence-corrected chi connectivity index (χ0v) is 9.50. The van der Waals surface area contributed by atoms with Crippen LogP contribution in [0, 0.1) is 0 Å². The predicted octanol–water partition coefficient (Wildman–Crippen LogP) is -0.873. The van der Waals surface area contributed by atoms with Crippen molar-refractivity contribution in [1.82, 2.24) is 10.2 Å². The molecule has 2 heterocycles. The van der Waals surface area contributed by atoms with Gasteiger partial charge in [0.15, 0.2) is 0 Å². The molecule has 7 heteroatoms. The van der Waals surface area contributed by atoms with Crippen LogP contribution < -0.4 is 10.9 Å². The van der Waals surface area contributed by atoms with Crippen LogP contribution in [0.3, 0.4) is 0 Å². The molecule has 94 valence electrons. The average Bonchev–Trinajstić information content (AvgIpc) is 2.34. The third-order valence-electron chi connectivity index (χ3n) is 2.63. The van der Waals surface area contributed by atoms with Gasteiger partial charge in [0.05, 0.1) is 5.56 Å². The number of carbonyl (C=O) groups is 3. The molecule has 0 radical (unpaired) electrons. The van der Waals surface area contributed by atoms with E-state index in [9.17, 15) is 19.2 Å². The average molecular weight is 250 g/mol. The number of carbonyl (C=O) groups excluding carboxylic acids is 3. The summed E-state index contributed by atoms with van der Waals surface area (Å²) in [5.74, 6) is -1.60. The van der Waals surface area contributed by atoms with Crippen LogP contribution >= 0.6 is 0 Å². The second-order valence-corrected chi connectivity index (χ2v) is 3.86. The van der Waals surface area contributed by atoms with Crippen molar-refractivity contribution in [1.29, 1.82) is 0 Å². The summed E-state index contributed by atoms with van der Waals surface area (Å²) in [5, 5.41) is 2.13. The Labute approximate surface area is 101 Å². The first-order valence-corrected chi connectivity index (χ1v) is 5.22. The third-order valence-corrected chi connectivity index (χ3v) is 2.63. The number of rotatable bonds is 1. The Balaban J connectivity index is 2.27. The van der Waals surface area contributed by atoms with Gasteiger partial charge in [0, 0.05) is 6.07 Å². The van der Waals surface area contributed by atoms with Crippen LogP contribution in [-0.2, 0) is 9.59 Å².